The number of hydrogen-bond donors (Lipinski definition) is 1. The van der Waals surface area contributed by atoms with Gasteiger partial charge in [0.1, 0.15) is 5.69 Å². The lowest BCUT2D eigenvalue weighted by atomic mass is 9.99. The molecule has 7 nitrogen and oxygen atoms in total. The maximum absolute atomic E-state index is 13.9. The molecule has 0 radical (unpaired) electrons. The SMILES string of the molecule is CCn1cc(-c2nc3ccc(C(=O)OC)cc3n(CC3CCCNC3)c2=O)c2ccccc21. The van der Waals surface area contributed by atoms with E-state index in [4.69, 9.17) is 9.72 Å². The van der Waals surface area contributed by atoms with Crippen molar-refractivity contribution in [3.8, 4) is 11.3 Å². The number of benzene rings is 2. The summed E-state index contributed by atoms with van der Waals surface area (Å²) in [7, 11) is 1.36. The third kappa shape index (κ3) is 3.82. The predicted molar refractivity (Wildman–Crippen MR) is 130 cm³/mol. The van der Waals surface area contributed by atoms with Crippen molar-refractivity contribution in [2.45, 2.75) is 32.9 Å². The fraction of sp³-hybridized carbons (Fsp3) is 0.346. The Morgan fingerprint density at radius 2 is 2.06 bits per heavy atom. The number of fused-ring (bicyclic) bond motifs is 2. The average molecular weight is 445 g/mol. The number of carbonyl (C=O) groups is 1. The topological polar surface area (TPSA) is 78.2 Å². The minimum Gasteiger partial charge on any atom is -0.465 e. The Morgan fingerprint density at radius 1 is 1.21 bits per heavy atom. The van der Waals surface area contributed by atoms with Crippen LogP contribution in [0.3, 0.4) is 0 Å². The highest BCUT2D eigenvalue weighted by atomic mass is 16.5. The standard InChI is InChI=1S/C26H28N4O3/c1-3-29-16-20(19-8-4-5-9-22(19)29)24-25(31)30(15-17-7-6-12-27-14-17)23-13-18(26(32)33-2)10-11-21(23)28-24/h4-5,8-11,13,16-17,27H,3,6-7,12,14-15H2,1-2H3. The fourth-order valence-corrected chi connectivity index (χ4v) is 4.88. The first-order valence-electron chi connectivity index (χ1n) is 11.5. The largest absolute Gasteiger partial charge is 0.465 e. The van der Waals surface area contributed by atoms with Crippen molar-refractivity contribution in [2.24, 2.45) is 5.92 Å². The molecule has 3 heterocycles. The van der Waals surface area contributed by atoms with Crippen LogP contribution in [0.1, 0.15) is 30.1 Å². The number of aryl methyl sites for hydroxylation is 1. The van der Waals surface area contributed by atoms with E-state index in [1.54, 1.807) is 22.8 Å². The molecule has 2 aromatic heterocycles. The van der Waals surface area contributed by atoms with E-state index in [9.17, 15) is 9.59 Å². The second-order valence-corrected chi connectivity index (χ2v) is 8.63. The maximum atomic E-state index is 13.9. The number of nitrogens with one attached hydrogen (secondary N) is 1. The smallest absolute Gasteiger partial charge is 0.337 e. The van der Waals surface area contributed by atoms with Crippen molar-refractivity contribution in [2.75, 3.05) is 20.2 Å². The van der Waals surface area contributed by atoms with E-state index in [1.165, 1.54) is 7.11 Å². The monoisotopic (exact) mass is 444 g/mol. The molecule has 1 aliphatic heterocycles. The molecular formula is C26H28N4O3. The van der Waals surface area contributed by atoms with Gasteiger partial charge in [-0.25, -0.2) is 9.78 Å². The van der Waals surface area contributed by atoms with Crippen LogP contribution >= 0.6 is 0 Å². The second kappa shape index (κ2) is 8.83. The normalized spacial score (nSPS) is 16.4. The second-order valence-electron chi connectivity index (χ2n) is 8.63. The summed E-state index contributed by atoms with van der Waals surface area (Å²) in [6, 6.07) is 13.3. The summed E-state index contributed by atoms with van der Waals surface area (Å²) in [5.74, 6) is -0.0843. The summed E-state index contributed by atoms with van der Waals surface area (Å²) >= 11 is 0. The van der Waals surface area contributed by atoms with Crippen molar-refractivity contribution in [1.29, 1.82) is 0 Å². The van der Waals surface area contributed by atoms with Crippen LogP contribution in [0.15, 0.2) is 53.5 Å². The van der Waals surface area contributed by atoms with Gasteiger partial charge in [0.25, 0.3) is 5.56 Å². The minimum atomic E-state index is -0.426. The van der Waals surface area contributed by atoms with E-state index >= 15 is 0 Å². The Morgan fingerprint density at radius 3 is 2.82 bits per heavy atom. The van der Waals surface area contributed by atoms with Gasteiger partial charge in [-0.05, 0) is 63.0 Å². The van der Waals surface area contributed by atoms with Crippen LogP contribution in [0.2, 0.25) is 0 Å². The molecule has 0 aliphatic carbocycles. The van der Waals surface area contributed by atoms with Gasteiger partial charge in [-0.2, -0.15) is 0 Å². The molecule has 0 saturated carbocycles. The van der Waals surface area contributed by atoms with Gasteiger partial charge in [-0.1, -0.05) is 18.2 Å². The lowest BCUT2D eigenvalue weighted by Crippen LogP contribution is -2.35. The van der Waals surface area contributed by atoms with Gasteiger partial charge in [0.05, 0.1) is 23.7 Å². The molecule has 1 N–H and O–H groups in total. The Hall–Kier alpha value is -3.45. The van der Waals surface area contributed by atoms with Gasteiger partial charge in [-0.15, -0.1) is 0 Å². The number of ether oxygens (including phenoxy) is 1. The molecule has 1 atom stereocenters. The zero-order valence-electron chi connectivity index (χ0n) is 19.0. The molecule has 0 bridgehead atoms. The number of hydrogen-bond acceptors (Lipinski definition) is 5. The van der Waals surface area contributed by atoms with Crippen molar-refractivity contribution >= 4 is 27.9 Å². The van der Waals surface area contributed by atoms with E-state index in [0.29, 0.717) is 34.8 Å². The summed E-state index contributed by atoms with van der Waals surface area (Å²) in [6.45, 7) is 5.36. The zero-order valence-corrected chi connectivity index (χ0v) is 19.0. The molecule has 33 heavy (non-hydrogen) atoms. The molecule has 1 aliphatic rings. The number of esters is 1. The number of methoxy groups -OCH3 is 1. The summed E-state index contributed by atoms with van der Waals surface area (Å²) in [6.07, 6.45) is 4.17. The van der Waals surface area contributed by atoms with Crippen molar-refractivity contribution < 1.29 is 9.53 Å². The van der Waals surface area contributed by atoms with Crippen LogP contribution < -0.4 is 10.9 Å². The van der Waals surface area contributed by atoms with Gasteiger partial charge in [0, 0.05) is 35.8 Å². The van der Waals surface area contributed by atoms with E-state index in [2.05, 4.69) is 22.9 Å². The number of carbonyl (C=O) groups excluding carboxylic acids is 1. The van der Waals surface area contributed by atoms with Gasteiger partial charge >= 0.3 is 5.97 Å². The lowest BCUT2D eigenvalue weighted by molar-refractivity contribution is 0.0601. The van der Waals surface area contributed by atoms with Gasteiger partial charge < -0.3 is 19.2 Å². The first-order valence-corrected chi connectivity index (χ1v) is 11.5. The van der Waals surface area contributed by atoms with Crippen molar-refractivity contribution in [1.82, 2.24) is 19.4 Å². The molecule has 4 aromatic rings. The Bertz CT molecular complexity index is 1400. The van der Waals surface area contributed by atoms with Crippen LogP contribution in [-0.2, 0) is 17.8 Å². The van der Waals surface area contributed by atoms with Crippen molar-refractivity contribution in [3.05, 3.63) is 64.6 Å². The molecule has 0 spiro atoms. The van der Waals surface area contributed by atoms with Crippen LogP contribution in [0.5, 0.6) is 0 Å². The highest BCUT2D eigenvalue weighted by Crippen LogP contribution is 2.29. The summed E-state index contributed by atoms with van der Waals surface area (Å²) in [4.78, 5) is 30.9. The first-order chi connectivity index (χ1) is 16.1. The summed E-state index contributed by atoms with van der Waals surface area (Å²) in [5, 5.41) is 4.45. The van der Waals surface area contributed by atoms with E-state index < -0.39 is 5.97 Å². The number of nitrogens with zero attached hydrogens (tertiary/aromatic N) is 3. The van der Waals surface area contributed by atoms with Crippen LogP contribution in [0.4, 0.5) is 0 Å². The highest BCUT2D eigenvalue weighted by Gasteiger charge is 2.21. The molecule has 7 heteroatoms. The van der Waals surface area contributed by atoms with Crippen LogP contribution in [0.25, 0.3) is 33.2 Å². The summed E-state index contributed by atoms with van der Waals surface area (Å²) < 4.78 is 8.85. The molecule has 0 amide bonds. The quantitative estimate of drug-likeness (QED) is 0.474. The van der Waals surface area contributed by atoms with E-state index in [1.807, 2.05) is 24.4 Å². The number of rotatable bonds is 5. The molecule has 170 valence electrons. The van der Waals surface area contributed by atoms with Crippen LogP contribution in [0, 0.1) is 5.92 Å². The van der Waals surface area contributed by atoms with Gasteiger partial charge in [0.15, 0.2) is 0 Å². The number of para-hydroxylation sites is 1. The van der Waals surface area contributed by atoms with E-state index in [-0.39, 0.29) is 5.56 Å². The fourth-order valence-electron chi connectivity index (χ4n) is 4.88. The van der Waals surface area contributed by atoms with Gasteiger partial charge in [-0.3, -0.25) is 4.79 Å². The first kappa shape index (κ1) is 21.4. The Labute approximate surface area is 192 Å². The predicted octanol–water partition coefficient (Wildman–Crippen LogP) is 3.82. The molecule has 1 unspecified atom stereocenters. The Balaban J connectivity index is 1.75. The maximum Gasteiger partial charge on any atom is 0.337 e. The van der Waals surface area contributed by atoms with Crippen molar-refractivity contribution in [3.63, 3.8) is 0 Å². The molecule has 5 rings (SSSR count). The lowest BCUT2D eigenvalue weighted by Gasteiger charge is -2.24. The van der Waals surface area contributed by atoms with Gasteiger partial charge in [0.2, 0.25) is 0 Å². The molecule has 1 fully saturated rings. The molecule has 1 saturated heterocycles. The molecular weight excluding hydrogens is 416 g/mol. The minimum absolute atomic E-state index is 0.130. The average Bonchev–Trinajstić information content (AvgIpc) is 3.24. The third-order valence-corrected chi connectivity index (χ3v) is 6.59. The third-order valence-electron chi connectivity index (χ3n) is 6.59. The number of piperidine rings is 1. The van der Waals surface area contributed by atoms with E-state index in [0.717, 1.165) is 48.9 Å². The number of aromatic nitrogens is 3. The van der Waals surface area contributed by atoms with Crippen LogP contribution in [-0.4, -0.2) is 40.3 Å². The molecule has 2 aromatic carbocycles. The zero-order chi connectivity index (χ0) is 22.9. The highest BCUT2D eigenvalue weighted by molar-refractivity contribution is 5.97. The summed E-state index contributed by atoms with van der Waals surface area (Å²) in [5.41, 5.74) is 4.00. The Kier molecular flexibility index (Phi) is 5.72.